The van der Waals surface area contributed by atoms with E-state index in [-0.39, 0.29) is 19.4 Å². The Morgan fingerprint density at radius 2 is 1.04 bits per heavy atom. The minimum Gasteiger partial charge on any atom is -0.480 e. The van der Waals surface area contributed by atoms with Crippen molar-refractivity contribution in [2.75, 3.05) is 19.8 Å². The second kappa shape index (κ2) is 36.9. The first-order valence-corrected chi connectivity index (χ1v) is 21.5. The van der Waals surface area contributed by atoms with Crippen LogP contribution in [-0.4, -0.2) is 59.9 Å². The van der Waals surface area contributed by atoms with Crippen molar-refractivity contribution in [3.63, 3.8) is 0 Å². The van der Waals surface area contributed by atoms with Crippen LogP contribution in [0.5, 0.6) is 0 Å². The first kappa shape index (κ1) is 50.9. The number of carbonyl (C=O) groups is 3. The van der Waals surface area contributed by atoms with E-state index in [0.717, 1.165) is 77.0 Å². The van der Waals surface area contributed by atoms with Gasteiger partial charge in [0, 0.05) is 12.8 Å². The van der Waals surface area contributed by atoms with Gasteiger partial charge < -0.3 is 25.2 Å². The highest BCUT2D eigenvalue weighted by Gasteiger charge is 2.28. The van der Waals surface area contributed by atoms with E-state index in [2.05, 4.69) is 54.8 Å². The predicted octanol–water partition coefficient (Wildman–Crippen LogP) is 10.2. The SMILES string of the molecule is CC/C=C/C=C/C=C/C=C/CCCCCCCC(=O)O[C@H](COC(=O)CCCCCCC/C=C/C=C/CCCCCC)COP(=O)(O)OC[C@H](N)C(=O)O. The molecule has 12 heteroatoms. The molecule has 0 aliphatic carbocycles. The third-order valence-electron chi connectivity index (χ3n) is 8.06. The van der Waals surface area contributed by atoms with Gasteiger partial charge in [-0.25, -0.2) is 4.57 Å². The van der Waals surface area contributed by atoms with Gasteiger partial charge in [0.1, 0.15) is 12.6 Å². The van der Waals surface area contributed by atoms with Crippen LogP contribution in [0.25, 0.3) is 0 Å². The number of nitrogens with two attached hydrogens (primary N) is 1. The number of unbranched alkanes of at least 4 members (excludes halogenated alkanes) is 14. The molecule has 0 bridgehead atoms. The van der Waals surface area contributed by atoms with Gasteiger partial charge in [0.05, 0.1) is 13.2 Å². The summed E-state index contributed by atoms with van der Waals surface area (Å²) in [6.45, 7) is 2.58. The van der Waals surface area contributed by atoms with Crippen LogP contribution in [-0.2, 0) is 37.5 Å². The van der Waals surface area contributed by atoms with Gasteiger partial charge in [-0.2, -0.15) is 0 Å². The Bertz CT molecular complexity index is 1190. The maximum Gasteiger partial charge on any atom is 0.472 e. The van der Waals surface area contributed by atoms with Crippen LogP contribution in [0, 0.1) is 0 Å². The molecule has 0 aromatic carbocycles. The fourth-order valence-corrected chi connectivity index (χ4v) is 5.67. The number of ether oxygens (including phenoxy) is 2. The largest absolute Gasteiger partial charge is 0.480 e. The Morgan fingerprint density at radius 3 is 1.57 bits per heavy atom. The van der Waals surface area contributed by atoms with E-state index in [1.54, 1.807) is 0 Å². The minimum atomic E-state index is -4.73. The summed E-state index contributed by atoms with van der Waals surface area (Å²) >= 11 is 0. The lowest BCUT2D eigenvalue weighted by atomic mass is 10.1. The van der Waals surface area contributed by atoms with Crippen molar-refractivity contribution in [1.29, 1.82) is 0 Å². The highest BCUT2D eigenvalue weighted by atomic mass is 31.2. The maximum absolute atomic E-state index is 12.6. The molecule has 0 saturated carbocycles. The number of carboxylic acids is 1. The molecule has 0 aliphatic rings. The van der Waals surface area contributed by atoms with Crippen molar-refractivity contribution >= 4 is 25.7 Å². The molecule has 308 valence electrons. The Kier molecular flexibility index (Phi) is 34.8. The number of esters is 2. The Morgan fingerprint density at radius 1 is 0.593 bits per heavy atom. The number of carboxylic acid groups (broad SMARTS) is 1. The smallest absolute Gasteiger partial charge is 0.472 e. The molecule has 0 rings (SSSR count). The molecule has 0 aromatic heterocycles. The molecule has 54 heavy (non-hydrogen) atoms. The van der Waals surface area contributed by atoms with Gasteiger partial charge >= 0.3 is 25.7 Å². The Balaban J connectivity index is 4.50. The first-order chi connectivity index (χ1) is 26.1. The van der Waals surface area contributed by atoms with E-state index in [1.165, 1.54) is 25.7 Å². The summed E-state index contributed by atoms with van der Waals surface area (Å²) in [5, 5.41) is 8.87. The summed E-state index contributed by atoms with van der Waals surface area (Å²) in [4.78, 5) is 45.8. The van der Waals surface area contributed by atoms with Gasteiger partial charge in [0.15, 0.2) is 6.10 Å². The van der Waals surface area contributed by atoms with Crippen molar-refractivity contribution in [3.8, 4) is 0 Å². The highest BCUT2D eigenvalue weighted by Crippen LogP contribution is 2.43. The summed E-state index contributed by atoms with van der Waals surface area (Å²) in [5.74, 6) is -2.44. The number of phosphoric ester groups is 1. The van der Waals surface area contributed by atoms with E-state index in [0.29, 0.717) is 12.8 Å². The second-order valence-electron chi connectivity index (χ2n) is 13.2. The lowest BCUT2D eigenvalue weighted by Gasteiger charge is -2.20. The number of hydrogen-bond acceptors (Lipinski definition) is 9. The molecule has 0 amide bonds. The van der Waals surface area contributed by atoms with E-state index in [4.69, 9.17) is 24.8 Å². The van der Waals surface area contributed by atoms with Crippen LogP contribution < -0.4 is 5.73 Å². The first-order valence-electron chi connectivity index (χ1n) is 20.0. The molecule has 0 aliphatic heterocycles. The summed E-state index contributed by atoms with van der Waals surface area (Å²) in [7, 11) is -4.73. The lowest BCUT2D eigenvalue weighted by Crippen LogP contribution is -2.34. The molecular weight excluding hydrogens is 709 g/mol. The van der Waals surface area contributed by atoms with Gasteiger partial charge in [-0.15, -0.1) is 0 Å². The molecule has 3 atom stereocenters. The highest BCUT2D eigenvalue weighted by molar-refractivity contribution is 7.47. The second-order valence-corrected chi connectivity index (χ2v) is 14.6. The van der Waals surface area contributed by atoms with Gasteiger partial charge in [-0.1, -0.05) is 145 Å². The number of hydrogen-bond donors (Lipinski definition) is 3. The monoisotopic (exact) mass is 779 g/mol. The molecule has 0 heterocycles. The molecule has 1 unspecified atom stereocenters. The van der Waals surface area contributed by atoms with Crippen LogP contribution in [0.2, 0.25) is 0 Å². The van der Waals surface area contributed by atoms with Gasteiger partial charge in [0.25, 0.3) is 0 Å². The van der Waals surface area contributed by atoms with Crippen molar-refractivity contribution in [2.45, 2.75) is 154 Å². The third-order valence-corrected chi connectivity index (χ3v) is 9.01. The van der Waals surface area contributed by atoms with E-state index in [1.807, 2.05) is 36.5 Å². The van der Waals surface area contributed by atoms with Crippen molar-refractivity contribution in [2.24, 2.45) is 5.73 Å². The zero-order chi connectivity index (χ0) is 40.0. The zero-order valence-corrected chi connectivity index (χ0v) is 33.9. The van der Waals surface area contributed by atoms with E-state index in [9.17, 15) is 23.8 Å². The molecule has 0 spiro atoms. The molecule has 4 N–H and O–H groups in total. The number of phosphoric acid groups is 1. The van der Waals surface area contributed by atoms with Crippen molar-refractivity contribution in [3.05, 3.63) is 72.9 Å². The summed E-state index contributed by atoms with van der Waals surface area (Å²) in [6, 6.07) is -1.53. The number of aliphatic carboxylic acids is 1. The fourth-order valence-electron chi connectivity index (χ4n) is 4.89. The Hall–Kier alpha value is -3.08. The summed E-state index contributed by atoms with van der Waals surface area (Å²) < 4.78 is 32.6. The number of allylic oxidation sites excluding steroid dienone is 12. The third kappa shape index (κ3) is 35.9. The van der Waals surface area contributed by atoms with Gasteiger partial charge in [-0.3, -0.25) is 23.4 Å². The van der Waals surface area contributed by atoms with Crippen LogP contribution in [0.15, 0.2) is 72.9 Å². The van der Waals surface area contributed by atoms with Crippen molar-refractivity contribution in [1.82, 2.24) is 0 Å². The van der Waals surface area contributed by atoms with Gasteiger partial charge in [0.2, 0.25) is 0 Å². The average molecular weight is 780 g/mol. The van der Waals surface area contributed by atoms with Gasteiger partial charge in [-0.05, 0) is 57.8 Å². The zero-order valence-electron chi connectivity index (χ0n) is 33.0. The topological polar surface area (TPSA) is 172 Å². The predicted molar refractivity (Wildman–Crippen MR) is 217 cm³/mol. The molecular formula is C42H70NO10P. The lowest BCUT2D eigenvalue weighted by molar-refractivity contribution is -0.161. The Labute approximate surface area is 325 Å². The normalized spacial score (nSPS) is 14.6. The van der Waals surface area contributed by atoms with Crippen LogP contribution in [0.4, 0.5) is 0 Å². The standard InChI is InChI=1S/C42H70NO10P/c1-3-5-7-9-11-13-15-17-19-21-23-25-27-29-31-33-40(44)50-35-38(36-51-54(48,49)52-37-39(43)42(46)47)53-41(45)34-32-30-28-26-24-22-20-18-16-14-12-10-8-6-4-2/h6,8,10,12-20,38-39H,3-5,7,9,11,21-37,43H2,1-2H3,(H,46,47)(H,48,49)/b8-6+,12-10+,15-13+,16-14+,19-17+,20-18+/t38-,39+/m1/s1. The molecule has 11 nitrogen and oxygen atoms in total. The quantitative estimate of drug-likeness (QED) is 0.0239. The summed E-state index contributed by atoms with van der Waals surface area (Å²) in [5.41, 5.74) is 5.32. The minimum absolute atomic E-state index is 0.127. The maximum atomic E-state index is 12.6. The average Bonchev–Trinajstić information content (AvgIpc) is 3.14. The van der Waals surface area contributed by atoms with Crippen LogP contribution in [0.3, 0.4) is 0 Å². The number of carbonyl (C=O) groups excluding carboxylic acids is 2. The molecule has 0 saturated heterocycles. The molecule has 0 fully saturated rings. The van der Waals surface area contributed by atoms with Crippen LogP contribution >= 0.6 is 7.82 Å². The van der Waals surface area contributed by atoms with Crippen molar-refractivity contribution < 1.29 is 47.5 Å². The summed E-state index contributed by atoms with van der Waals surface area (Å²) in [6.07, 6.45) is 42.5. The molecule has 0 radical (unpaired) electrons. The number of rotatable bonds is 36. The van der Waals surface area contributed by atoms with E-state index < -0.39 is 51.1 Å². The fraction of sp³-hybridized carbons (Fsp3) is 0.643. The van der Waals surface area contributed by atoms with Crippen LogP contribution in [0.1, 0.15) is 142 Å². The molecule has 0 aromatic rings. The van der Waals surface area contributed by atoms with E-state index >= 15 is 0 Å².